The molecule has 1 aliphatic heterocycles. The Morgan fingerprint density at radius 1 is 1.32 bits per heavy atom. The van der Waals surface area contributed by atoms with Gasteiger partial charge < -0.3 is 15.4 Å². The Balaban J connectivity index is 2.14. The minimum absolute atomic E-state index is 0.0698. The molecule has 1 fully saturated rings. The Hall–Kier alpha value is -1.59. The third-order valence-electron chi connectivity index (χ3n) is 3.44. The van der Waals surface area contributed by atoms with Crippen molar-refractivity contribution in [2.45, 2.75) is 13.0 Å². The van der Waals surface area contributed by atoms with Crippen LogP contribution in [0, 0.1) is 0 Å². The number of piperazine rings is 1. The van der Waals surface area contributed by atoms with Crippen LogP contribution in [0.4, 0.5) is 5.69 Å². The van der Waals surface area contributed by atoms with E-state index in [1.807, 2.05) is 43.1 Å². The quantitative estimate of drug-likeness (QED) is 0.868. The van der Waals surface area contributed by atoms with Crippen LogP contribution in [-0.4, -0.2) is 50.1 Å². The van der Waals surface area contributed by atoms with Crippen molar-refractivity contribution in [1.82, 2.24) is 4.90 Å². The Morgan fingerprint density at radius 3 is 2.58 bits per heavy atom. The molecule has 1 amide bonds. The molecule has 104 valence electrons. The van der Waals surface area contributed by atoms with E-state index in [2.05, 4.69) is 0 Å². The molecule has 0 spiro atoms. The molecule has 0 radical (unpaired) electrons. The molecule has 0 saturated carbocycles. The molecule has 1 aliphatic rings. The Kier molecular flexibility index (Phi) is 4.39. The average molecular weight is 263 g/mol. The number of carbonyl (C=O) groups excluding carboxylic acids is 1. The van der Waals surface area contributed by atoms with Gasteiger partial charge in [0.15, 0.2) is 0 Å². The highest BCUT2D eigenvalue weighted by molar-refractivity contribution is 5.98. The number of ether oxygens (including phenoxy) is 1. The first-order chi connectivity index (χ1) is 9.17. The van der Waals surface area contributed by atoms with Gasteiger partial charge in [0.1, 0.15) is 11.8 Å². The first-order valence-electron chi connectivity index (χ1n) is 6.62. The maximum Gasteiger partial charge on any atom is 0.245 e. The third kappa shape index (κ3) is 2.88. The minimum atomic E-state index is -0.222. The number of nitrogens with zero attached hydrogens (tertiary/aromatic N) is 2. The summed E-state index contributed by atoms with van der Waals surface area (Å²) in [5.74, 6) is 0.892. The first kappa shape index (κ1) is 13.8. The van der Waals surface area contributed by atoms with E-state index in [-0.39, 0.29) is 11.9 Å². The van der Waals surface area contributed by atoms with Gasteiger partial charge in [0.05, 0.1) is 6.61 Å². The summed E-state index contributed by atoms with van der Waals surface area (Å²) >= 11 is 0. The van der Waals surface area contributed by atoms with Gasteiger partial charge in [0.2, 0.25) is 5.91 Å². The molecule has 1 unspecified atom stereocenters. The van der Waals surface area contributed by atoms with Crippen LogP contribution in [0.5, 0.6) is 5.75 Å². The predicted molar refractivity (Wildman–Crippen MR) is 75.4 cm³/mol. The Morgan fingerprint density at radius 2 is 2.00 bits per heavy atom. The normalized spacial score (nSPS) is 20.7. The molecule has 2 N–H and O–H groups in total. The topological polar surface area (TPSA) is 58.8 Å². The molecule has 1 heterocycles. The van der Waals surface area contributed by atoms with Gasteiger partial charge in [-0.15, -0.1) is 0 Å². The number of anilines is 1. The number of rotatable bonds is 4. The zero-order valence-corrected chi connectivity index (χ0v) is 11.5. The smallest absolute Gasteiger partial charge is 0.245 e. The van der Waals surface area contributed by atoms with E-state index in [1.54, 1.807) is 4.90 Å². The largest absolute Gasteiger partial charge is 0.494 e. The van der Waals surface area contributed by atoms with E-state index in [0.717, 1.165) is 18.0 Å². The lowest BCUT2D eigenvalue weighted by Gasteiger charge is -2.38. The molecule has 1 aromatic rings. The van der Waals surface area contributed by atoms with E-state index in [0.29, 0.717) is 19.7 Å². The van der Waals surface area contributed by atoms with Gasteiger partial charge in [-0.25, -0.2) is 0 Å². The van der Waals surface area contributed by atoms with Crippen LogP contribution in [0.25, 0.3) is 0 Å². The van der Waals surface area contributed by atoms with Crippen LogP contribution >= 0.6 is 0 Å². The van der Waals surface area contributed by atoms with Crippen molar-refractivity contribution in [2.75, 3.05) is 38.2 Å². The molecule has 1 atom stereocenters. The number of likely N-dealkylation sites (N-methyl/N-ethyl adjacent to an activating group) is 1. The van der Waals surface area contributed by atoms with Crippen LogP contribution in [0.15, 0.2) is 24.3 Å². The van der Waals surface area contributed by atoms with Crippen LogP contribution in [0.3, 0.4) is 0 Å². The summed E-state index contributed by atoms with van der Waals surface area (Å²) in [4.78, 5) is 16.2. The van der Waals surface area contributed by atoms with Crippen LogP contribution in [0.1, 0.15) is 6.92 Å². The predicted octanol–water partition coefficient (Wildman–Crippen LogP) is 0.691. The molecule has 5 heteroatoms. The van der Waals surface area contributed by atoms with E-state index >= 15 is 0 Å². The van der Waals surface area contributed by atoms with Crippen LogP contribution < -0.4 is 15.4 Å². The molecule has 0 aliphatic carbocycles. The zero-order valence-electron chi connectivity index (χ0n) is 11.5. The molecule has 0 bridgehead atoms. The highest BCUT2D eigenvalue weighted by Crippen LogP contribution is 2.22. The summed E-state index contributed by atoms with van der Waals surface area (Å²) in [6.45, 7) is 4.47. The first-order valence-corrected chi connectivity index (χ1v) is 6.62. The molecule has 1 aromatic carbocycles. The van der Waals surface area contributed by atoms with Gasteiger partial charge in [0.25, 0.3) is 0 Å². The molecular weight excluding hydrogens is 242 g/mol. The number of hydrogen-bond acceptors (Lipinski definition) is 4. The summed E-state index contributed by atoms with van der Waals surface area (Å²) in [5.41, 5.74) is 6.58. The molecule has 2 rings (SSSR count). The van der Waals surface area contributed by atoms with Crippen molar-refractivity contribution >= 4 is 11.6 Å². The van der Waals surface area contributed by atoms with E-state index < -0.39 is 0 Å². The highest BCUT2D eigenvalue weighted by Gasteiger charge is 2.32. The summed E-state index contributed by atoms with van der Waals surface area (Å²) in [5, 5.41) is 0. The van der Waals surface area contributed by atoms with Gasteiger partial charge in [0, 0.05) is 25.3 Å². The lowest BCUT2D eigenvalue weighted by atomic mass is 10.1. The van der Waals surface area contributed by atoms with Crippen molar-refractivity contribution < 1.29 is 9.53 Å². The zero-order chi connectivity index (χ0) is 13.8. The fraction of sp³-hybridized carbons (Fsp3) is 0.500. The van der Waals surface area contributed by atoms with Crippen molar-refractivity contribution in [3.63, 3.8) is 0 Å². The lowest BCUT2D eigenvalue weighted by molar-refractivity contribution is -0.124. The van der Waals surface area contributed by atoms with Crippen molar-refractivity contribution in [3.8, 4) is 5.75 Å². The van der Waals surface area contributed by atoms with Crippen LogP contribution in [0.2, 0.25) is 0 Å². The lowest BCUT2D eigenvalue weighted by Crippen LogP contribution is -2.58. The molecular formula is C14H21N3O2. The number of carbonyl (C=O) groups is 1. The van der Waals surface area contributed by atoms with E-state index in [4.69, 9.17) is 10.5 Å². The monoisotopic (exact) mass is 263 g/mol. The maximum atomic E-state index is 12.4. The average Bonchev–Trinajstić information content (AvgIpc) is 2.41. The minimum Gasteiger partial charge on any atom is -0.494 e. The molecule has 1 saturated heterocycles. The summed E-state index contributed by atoms with van der Waals surface area (Å²) < 4.78 is 5.40. The Bertz CT molecular complexity index is 433. The van der Waals surface area contributed by atoms with Crippen LogP contribution in [-0.2, 0) is 4.79 Å². The fourth-order valence-corrected chi connectivity index (χ4v) is 2.32. The van der Waals surface area contributed by atoms with Gasteiger partial charge in [-0.1, -0.05) is 0 Å². The van der Waals surface area contributed by atoms with Crippen molar-refractivity contribution in [1.29, 1.82) is 0 Å². The molecule has 0 aromatic heterocycles. The van der Waals surface area contributed by atoms with Gasteiger partial charge in [-0.3, -0.25) is 9.69 Å². The highest BCUT2D eigenvalue weighted by atomic mass is 16.5. The second kappa shape index (κ2) is 6.04. The van der Waals surface area contributed by atoms with E-state index in [1.165, 1.54) is 0 Å². The maximum absolute atomic E-state index is 12.4. The number of benzene rings is 1. The molecule has 5 nitrogen and oxygen atoms in total. The number of amides is 1. The number of hydrogen-bond donors (Lipinski definition) is 1. The summed E-state index contributed by atoms with van der Waals surface area (Å²) in [6.07, 6.45) is 0. The van der Waals surface area contributed by atoms with Gasteiger partial charge in [-0.05, 0) is 38.2 Å². The fourth-order valence-electron chi connectivity index (χ4n) is 2.32. The number of nitrogens with two attached hydrogens (primary N) is 1. The van der Waals surface area contributed by atoms with Crippen molar-refractivity contribution in [3.05, 3.63) is 24.3 Å². The van der Waals surface area contributed by atoms with Crippen molar-refractivity contribution in [2.24, 2.45) is 5.73 Å². The standard InChI is InChI=1S/C14H21N3O2/c1-3-19-12-6-4-11(5-7-12)17-9-8-16(2)13(10-15)14(17)18/h4-7,13H,3,8-10,15H2,1-2H3. The van der Waals surface area contributed by atoms with E-state index in [9.17, 15) is 4.79 Å². The summed E-state index contributed by atoms with van der Waals surface area (Å²) in [6, 6.07) is 7.40. The second-order valence-corrected chi connectivity index (χ2v) is 4.65. The third-order valence-corrected chi connectivity index (χ3v) is 3.44. The second-order valence-electron chi connectivity index (χ2n) is 4.65. The van der Waals surface area contributed by atoms with Gasteiger partial charge in [-0.2, -0.15) is 0 Å². The SMILES string of the molecule is CCOc1ccc(N2CCN(C)C(CN)C2=O)cc1. The summed E-state index contributed by atoms with van der Waals surface area (Å²) in [7, 11) is 1.94. The molecule has 19 heavy (non-hydrogen) atoms. The Labute approximate surface area is 113 Å². The van der Waals surface area contributed by atoms with Gasteiger partial charge >= 0.3 is 0 Å².